The van der Waals surface area contributed by atoms with E-state index in [1.54, 1.807) is 0 Å². The van der Waals surface area contributed by atoms with Crippen LogP contribution in [0.1, 0.15) is 34.1 Å². The molecular weight excluding hydrogens is 196 g/mol. The van der Waals surface area contributed by atoms with Crippen molar-refractivity contribution in [2.75, 3.05) is 32.7 Å². The summed E-state index contributed by atoms with van der Waals surface area (Å²) in [5.74, 6) is 2.59. The summed E-state index contributed by atoms with van der Waals surface area (Å²) in [6, 6.07) is 0.861. The van der Waals surface area contributed by atoms with Gasteiger partial charge >= 0.3 is 0 Å². The molecule has 0 amide bonds. The van der Waals surface area contributed by atoms with Crippen molar-refractivity contribution in [1.82, 2.24) is 9.80 Å². The van der Waals surface area contributed by atoms with Gasteiger partial charge in [0.2, 0.25) is 0 Å². The van der Waals surface area contributed by atoms with Crippen LogP contribution in [0.4, 0.5) is 0 Å². The second kappa shape index (κ2) is 5.05. The normalized spacial score (nSPS) is 31.9. The smallest absolute Gasteiger partial charge is 0.0227 e. The maximum absolute atomic E-state index is 2.75. The van der Waals surface area contributed by atoms with Crippen LogP contribution in [0.25, 0.3) is 0 Å². The quantitative estimate of drug-likeness (QED) is 0.723. The summed E-state index contributed by atoms with van der Waals surface area (Å²) in [4.78, 5) is 5.44. The lowest BCUT2D eigenvalue weighted by molar-refractivity contribution is 0.144. The first-order valence-electron chi connectivity index (χ1n) is 7.01. The monoisotopic (exact) mass is 224 g/mol. The molecule has 2 heterocycles. The maximum atomic E-state index is 2.75. The largest absolute Gasteiger partial charge is 0.301 e. The fourth-order valence-electron chi connectivity index (χ4n) is 3.51. The van der Waals surface area contributed by atoms with Crippen molar-refractivity contribution in [3.8, 4) is 0 Å². The van der Waals surface area contributed by atoms with Gasteiger partial charge in [-0.2, -0.15) is 0 Å². The van der Waals surface area contributed by atoms with Crippen LogP contribution in [-0.2, 0) is 0 Å². The summed E-state index contributed by atoms with van der Waals surface area (Å²) in [5.41, 5.74) is 0. The van der Waals surface area contributed by atoms with E-state index in [1.165, 1.54) is 39.1 Å². The Morgan fingerprint density at radius 2 is 1.62 bits per heavy atom. The Labute approximate surface area is 101 Å². The first-order chi connectivity index (χ1) is 7.54. The highest BCUT2D eigenvalue weighted by atomic mass is 15.3. The van der Waals surface area contributed by atoms with Crippen LogP contribution in [0.5, 0.6) is 0 Å². The molecule has 2 rings (SSSR count). The summed E-state index contributed by atoms with van der Waals surface area (Å²) in [7, 11) is 0. The number of hydrogen-bond donors (Lipinski definition) is 0. The van der Waals surface area contributed by atoms with Gasteiger partial charge in [0, 0.05) is 38.8 Å². The van der Waals surface area contributed by atoms with E-state index >= 15 is 0 Å². The molecule has 2 fully saturated rings. The zero-order valence-electron chi connectivity index (χ0n) is 11.4. The molecule has 2 aliphatic rings. The van der Waals surface area contributed by atoms with Crippen LogP contribution in [0, 0.1) is 17.8 Å². The third-order valence-electron chi connectivity index (χ3n) is 3.82. The Hall–Kier alpha value is -0.0800. The highest BCUT2D eigenvalue weighted by Gasteiger charge is 2.38. The first kappa shape index (κ1) is 12.4. The Morgan fingerprint density at radius 3 is 2.25 bits per heavy atom. The van der Waals surface area contributed by atoms with Crippen molar-refractivity contribution >= 4 is 0 Å². The minimum atomic E-state index is 0.816. The lowest BCUT2D eigenvalue weighted by Gasteiger charge is -2.34. The lowest BCUT2D eigenvalue weighted by atomic mass is 9.99. The van der Waals surface area contributed by atoms with Gasteiger partial charge < -0.3 is 4.90 Å². The SMILES string of the molecule is CC(C)CN1CC2CC(C1)N(CC(C)C)C2. The van der Waals surface area contributed by atoms with Gasteiger partial charge in [-0.15, -0.1) is 0 Å². The molecule has 0 aromatic carbocycles. The van der Waals surface area contributed by atoms with Crippen LogP contribution in [0.2, 0.25) is 0 Å². The summed E-state index contributed by atoms with van der Waals surface area (Å²) >= 11 is 0. The molecular formula is C14H28N2. The van der Waals surface area contributed by atoms with Gasteiger partial charge in [-0.1, -0.05) is 27.7 Å². The molecule has 2 aliphatic heterocycles. The van der Waals surface area contributed by atoms with Gasteiger partial charge in [0.05, 0.1) is 0 Å². The van der Waals surface area contributed by atoms with Crippen molar-refractivity contribution < 1.29 is 0 Å². The van der Waals surface area contributed by atoms with Crippen LogP contribution >= 0.6 is 0 Å². The molecule has 0 N–H and O–H groups in total. The fraction of sp³-hybridized carbons (Fsp3) is 1.00. The van der Waals surface area contributed by atoms with Gasteiger partial charge in [0.15, 0.2) is 0 Å². The Bertz CT molecular complexity index is 223. The van der Waals surface area contributed by atoms with Crippen LogP contribution in [-0.4, -0.2) is 48.6 Å². The van der Waals surface area contributed by atoms with Crippen LogP contribution in [0.3, 0.4) is 0 Å². The standard InChI is InChI=1S/C14H28N2/c1-11(2)6-15-8-13-5-14(10-15)16(9-13)7-12(3)4/h11-14H,5-10H2,1-4H3. The predicted molar refractivity (Wildman–Crippen MR) is 69.6 cm³/mol. The minimum Gasteiger partial charge on any atom is -0.301 e. The average molecular weight is 224 g/mol. The van der Waals surface area contributed by atoms with Crippen molar-refractivity contribution in [2.45, 2.75) is 40.2 Å². The van der Waals surface area contributed by atoms with E-state index in [0.717, 1.165) is 23.8 Å². The van der Waals surface area contributed by atoms with E-state index < -0.39 is 0 Å². The van der Waals surface area contributed by atoms with Crippen molar-refractivity contribution in [3.63, 3.8) is 0 Å². The zero-order chi connectivity index (χ0) is 11.7. The molecule has 0 spiro atoms. The number of hydrogen-bond acceptors (Lipinski definition) is 2. The van der Waals surface area contributed by atoms with Crippen LogP contribution in [0.15, 0.2) is 0 Å². The molecule has 16 heavy (non-hydrogen) atoms. The van der Waals surface area contributed by atoms with E-state index in [0.29, 0.717) is 0 Å². The molecule has 2 heteroatoms. The Kier molecular flexibility index (Phi) is 3.91. The number of rotatable bonds is 4. The first-order valence-corrected chi connectivity index (χ1v) is 7.01. The second-order valence-electron chi connectivity index (χ2n) is 6.72. The third kappa shape index (κ3) is 2.98. The van der Waals surface area contributed by atoms with E-state index in [1.807, 2.05) is 0 Å². The molecule has 0 aliphatic carbocycles. The Morgan fingerprint density at radius 1 is 0.938 bits per heavy atom. The van der Waals surface area contributed by atoms with Crippen molar-refractivity contribution in [2.24, 2.45) is 17.8 Å². The summed E-state index contributed by atoms with van der Waals surface area (Å²) < 4.78 is 0. The summed E-state index contributed by atoms with van der Waals surface area (Å²) in [6.45, 7) is 16.0. The van der Waals surface area contributed by atoms with Crippen LogP contribution < -0.4 is 0 Å². The Balaban J connectivity index is 1.88. The summed E-state index contributed by atoms with van der Waals surface area (Å²) in [6.07, 6.45) is 1.46. The number of nitrogens with zero attached hydrogens (tertiary/aromatic N) is 2. The molecule has 2 atom stereocenters. The molecule has 2 bridgehead atoms. The van der Waals surface area contributed by atoms with Gasteiger partial charge in [0.25, 0.3) is 0 Å². The molecule has 0 aromatic rings. The highest BCUT2D eigenvalue weighted by molar-refractivity contribution is 4.93. The minimum absolute atomic E-state index is 0.816. The zero-order valence-corrected chi connectivity index (χ0v) is 11.4. The van der Waals surface area contributed by atoms with Gasteiger partial charge in [0.1, 0.15) is 0 Å². The van der Waals surface area contributed by atoms with Crippen molar-refractivity contribution in [3.05, 3.63) is 0 Å². The molecule has 2 unspecified atom stereocenters. The lowest BCUT2D eigenvalue weighted by Crippen LogP contribution is -2.44. The second-order valence-corrected chi connectivity index (χ2v) is 6.72. The topological polar surface area (TPSA) is 6.48 Å². The van der Waals surface area contributed by atoms with E-state index in [9.17, 15) is 0 Å². The molecule has 94 valence electrons. The average Bonchev–Trinajstić information content (AvgIpc) is 2.39. The predicted octanol–water partition coefficient (Wildman–Crippen LogP) is 2.30. The molecule has 0 radical (unpaired) electrons. The molecule has 0 aromatic heterocycles. The van der Waals surface area contributed by atoms with Gasteiger partial charge in [-0.05, 0) is 24.2 Å². The molecule has 0 saturated carbocycles. The number of likely N-dealkylation sites (tertiary alicyclic amines) is 2. The fourth-order valence-corrected chi connectivity index (χ4v) is 3.51. The van der Waals surface area contributed by atoms with E-state index in [2.05, 4.69) is 37.5 Å². The van der Waals surface area contributed by atoms with Gasteiger partial charge in [-0.3, -0.25) is 4.90 Å². The maximum Gasteiger partial charge on any atom is 0.0227 e. The van der Waals surface area contributed by atoms with E-state index in [-0.39, 0.29) is 0 Å². The third-order valence-corrected chi connectivity index (χ3v) is 3.82. The van der Waals surface area contributed by atoms with Crippen molar-refractivity contribution in [1.29, 1.82) is 0 Å². The van der Waals surface area contributed by atoms with E-state index in [4.69, 9.17) is 0 Å². The number of fused-ring (bicyclic) bond motifs is 2. The summed E-state index contributed by atoms with van der Waals surface area (Å²) in [5, 5.41) is 0. The molecule has 2 saturated heterocycles. The number of piperidine rings is 1. The molecule has 2 nitrogen and oxygen atoms in total. The van der Waals surface area contributed by atoms with Gasteiger partial charge in [-0.25, -0.2) is 0 Å². The highest BCUT2D eigenvalue weighted by Crippen LogP contribution is 2.30.